The van der Waals surface area contributed by atoms with E-state index in [9.17, 15) is 14.0 Å². The predicted octanol–water partition coefficient (Wildman–Crippen LogP) is 4.87. The van der Waals surface area contributed by atoms with E-state index in [0.717, 1.165) is 44.2 Å². The molecule has 1 N–H and O–H groups in total. The summed E-state index contributed by atoms with van der Waals surface area (Å²) in [6, 6.07) is 8.06. The lowest BCUT2D eigenvalue weighted by molar-refractivity contribution is -0.125. The van der Waals surface area contributed by atoms with Crippen molar-refractivity contribution in [1.29, 1.82) is 0 Å². The van der Waals surface area contributed by atoms with Gasteiger partial charge in [0.2, 0.25) is 11.9 Å². The summed E-state index contributed by atoms with van der Waals surface area (Å²) in [5.41, 5.74) is 2.87. The van der Waals surface area contributed by atoms with Crippen LogP contribution >= 0.6 is 11.3 Å². The molecule has 2 aromatic heterocycles. The van der Waals surface area contributed by atoms with E-state index < -0.39 is 0 Å². The van der Waals surface area contributed by atoms with Gasteiger partial charge in [-0.1, -0.05) is 23.8 Å². The number of nitrogens with zero attached hydrogens (tertiary/aromatic N) is 3. The minimum Gasteiger partial charge on any atom is -0.355 e. The molecule has 184 valence electrons. The summed E-state index contributed by atoms with van der Waals surface area (Å²) in [7, 11) is 0. The number of benzene rings is 1. The van der Waals surface area contributed by atoms with Crippen LogP contribution in [0.4, 0.5) is 10.3 Å². The topological polar surface area (TPSA) is 67.2 Å². The number of anilines is 1. The van der Waals surface area contributed by atoms with Gasteiger partial charge in [-0.25, -0.2) is 9.37 Å². The van der Waals surface area contributed by atoms with Crippen LogP contribution in [-0.4, -0.2) is 35.1 Å². The highest BCUT2D eigenvalue weighted by Gasteiger charge is 2.28. The lowest BCUT2D eigenvalue weighted by Gasteiger charge is -2.34. The number of hydrogen-bond acceptors (Lipinski definition) is 5. The Morgan fingerprint density at radius 1 is 1.17 bits per heavy atom. The molecule has 1 aliphatic heterocycles. The smallest absolute Gasteiger partial charge is 0.273 e. The second kappa shape index (κ2) is 10.7. The summed E-state index contributed by atoms with van der Waals surface area (Å²) in [5, 5.41) is 5.01. The van der Waals surface area contributed by atoms with Crippen molar-refractivity contribution in [2.45, 2.75) is 51.5 Å². The molecule has 1 atom stereocenters. The van der Waals surface area contributed by atoms with E-state index >= 15 is 0 Å². The van der Waals surface area contributed by atoms with Crippen LogP contribution in [0, 0.1) is 11.7 Å². The van der Waals surface area contributed by atoms with Gasteiger partial charge in [0.25, 0.3) is 5.56 Å². The minimum absolute atomic E-state index is 0.0788. The molecule has 3 aromatic rings. The molecule has 8 heteroatoms. The van der Waals surface area contributed by atoms with E-state index in [0.29, 0.717) is 35.8 Å². The van der Waals surface area contributed by atoms with Crippen molar-refractivity contribution in [2.75, 3.05) is 24.5 Å². The molecular formula is C27H31FN4O2S. The number of halogens is 1. The van der Waals surface area contributed by atoms with Crippen LogP contribution in [0.1, 0.15) is 50.5 Å². The van der Waals surface area contributed by atoms with Crippen molar-refractivity contribution < 1.29 is 9.18 Å². The molecule has 1 saturated heterocycles. The van der Waals surface area contributed by atoms with Gasteiger partial charge in [-0.05, 0) is 74.1 Å². The second-order valence-electron chi connectivity index (χ2n) is 9.50. The predicted molar refractivity (Wildman–Crippen MR) is 138 cm³/mol. The van der Waals surface area contributed by atoms with Crippen molar-refractivity contribution >= 4 is 33.4 Å². The van der Waals surface area contributed by atoms with Crippen molar-refractivity contribution in [2.24, 2.45) is 5.92 Å². The molecule has 2 aliphatic rings. The maximum atomic E-state index is 13.4. The summed E-state index contributed by atoms with van der Waals surface area (Å²) < 4.78 is 15.7. The summed E-state index contributed by atoms with van der Waals surface area (Å²) in [6.07, 6.45) is 9.76. The number of fused-ring (bicyclic) bond motifs is 1. The number of amides is 1. The summed E-state index contributed by atoms with van der Waals surface area (Å²) >= 11 is 1.38. The van der Waals surface area contributed by atoms with Gasteiger partial charge in [0.15, 0.2) is 0 Å². The fourth-order valence-corrected chi connectivity index (χ4v) is 5.86. The van der Waals surface area contributed by atoms with Gasteiger partial charge in [0.1, 0.15) is 10.5 Å². The Morgan fingerprint density at radius 2 is 2.03 bits per heavy atom. The van der Waals surface area contributed by atoms with Crippen LogP contribution in [0.2, 0.25) is 0 Å². The summed E-state index contributed by atoms with van der Waals surface area (Å²) in [5.74, 6) is 0.210. The molecule has 1 aromatic carbocycles. The molecular weight excluding hydrogens is 463 g/mol. The number of carbonyl (C=O) groups is 1. The fraction of sp³-hybridized carbons (Fsp3) is 0.444. The van der Waals surface area contributed by atoms with Crippen molar-refractivity contribution in [3.05, 3.63) is 69.1 Å². The first-order chi connectivity index (χ1) is 17.1. The van der Waals surface area contributed by atoms with Crippen LogP contribution in [0.5, 0.6) is 0 Å². The maximum absolute atomic E-state index is 13.4. The fourth-order valence-electron chi connectivity index (χ4n) is 5.08. The lowest BCUT2D eigenvalue weighted by Crippen LogP contribution is -2.45. The zero-order chi connectivity index (χ0) is 24.2. The second-order valence-corrected chi connectivity index (χ2v) is 10.4. The Bertz CT molecular complexity index is 1280. The SMILES string of the molecule is O=C(NCCC1=CCCCC1)[C@H]1CCCN(c2nc3ccsc3c(=O)n2Cc2ccc(F)cc2)C1. The Morgan fingerprint density at radius 3 is 2.83 bits per heavy atom. The third-order valence-electron chi connectivity index (χ3n) is 7.01. The Balaban J connectivity index is 1.34. The highest BCUT2D eigenvalue weighted by Crippen LogP contribution is 2.25. The third kappa shape index (κ3) is 5.48. The van der Waals surface area contributed by atoms with Crippen LogP contribution in [0.25, 0.3) is 10.2 Å². The van der Waals surface area contributed by atoms with Gasteiger partial charge < -0.3 is 10.2 Å². The quantitative estimate of drug-likeness (QED) is 0.476. The van der Waals surface area contributed by atoms with E-state index in [-0.39, 0.29) is 23.2 Å². The first kappa shape index (κ1) is 23.7. The number of hydrogen-bond donors (Lipinski definition) is 1. The number of nitrogens with one attached hydrogen (secondary N) is 1. The zero-order valence-electron chi connectivity index (χ0n) is 19.8. The largest absolute Gasteiger partial charge is 0.355 e. The van der Waals surface area contributed by atoms with E-state index in [2.05, 4.69) is 16.3 Å². The molecule has 35 heavy (non-hydrogen) atoms. The molecule has 6 nitrogen and oxygen atoms in total. The van der Waals surface area contributed by atoms with E-state index in [4.69, 9.17) is 4.98 Å². The van der Waals surface area contributed by atoms with Gasteiger partial charge in [-0.15, -0.1) is 11.3 Å². The van der Waals surface area contributed by atoms with E-state index in [1.54, 1.807) is 16.7 Å². The summed E-state index contributed by atoms with van der Waals surface area (Å²) in [6.45, 7) is 2.25. The highest BCUT2D eigenvalue weighted by molar-refractivity contribution is 7.17. The average Bonchev–Trinajstić information content (AvgIpc) is 3.37. The maximum Gasteiger partial charge on any atom is 0.273 e. The van der Waals surface area contributed by atoms with Gasteiger partial charge in [0.05, 0.1) is 18.0 Å². The molecule has 3 heterocycles. The van der Waals surface area contributed by atoms with Crippen LogP contribution in [0.3, 0.4) is 0 Å². The van der Waals surface area contributed by atoms with Crippen molar-refractivity contribution in [1.82, 2.24) is 14.9 Å². The van der Waals surface area contributed by atoms with Crippen molar-refractivity contribution in [3.63, 3.8) is 0 Å². The van der Waals surface area contributed by atoms with E-state index in [1.807, 2.05) is 11.4 Å². The molecule has 0 spiro atoms. The molecule has 0 radical (unpaired) electrons. The Labute approximate surface area is 208 Å². The first-order valence-electron chi connectivity index (χ1n) is 12.5. The third-order valence-corrected chi connectivity index (χ3v) is 7.90. The lowest BCUT2D eigenvalue weighted by atomic mass is 9.96. The van der Waals surface area contributed by atoms with Gasteiger partial charge >= 0.3 is 0 Å². The molecule has 0 unspecified atom stereocenters. The Hall–Kier alpha value is -3.00. The molecule has 0 bridgehead atoms. The monoisotopic (exact) mass is 494 g/mol. The zero-order valence-corrected chi connectivity index (χ0v) is 20.7. The average molecular weight is 495 g/mol. The van der Waals surface area contributed by atoms with Gasteiger partial charge in [-0.2, -0.15) is 0 Å². The number of carbonyl (C=O) groups excluding carboxylic acids is 1. The first-order valence-corrected chi connectivity index (χ1v) is 13.4. The molecule has 5 rings (SSSR count). The number of thiophene rings is 1. The number of piperidine rings is 1. The molecule has 1 amide bonds. The molecule has 1 fully saturated rings. The number of rotatable bonds is 7. The highest BCUT2D eigenvalue weighted by atomic mass is 32.1. The molecule has 0 saturated carbocycles. The normalized spacial score (nSPS) is 18.5. The van der Waals surface area contributed by atoms with Crippen LogP contribution in [-0.2, 0) is 11.3 Å². The number of allylic oxidation sites excluding steroid dienone is 1. The standard InChI is InChI=1S/C27H31FN4O2S/c28-22-10-8-20(9-11-22)17-32-26(34)24-23(13-16-35-24)30-27(32)31-15-4-7-21(18-31)25(33)29-14-12-19-5-2-1-3-6-19/h5,8-11,13,16,21H,1-4,6-7,12,14-15,17-18H2,(H,29,33)/t21-/m0/s1. The van der Waals surface area contributed by atoms with Gasteiger partial charge in [-0.3, -0.25) is 14.2 Å². The number of aromatic nitrogens is 2. The van der Waals surface area contributed by atoms with Crippen molar-refractivity contribution in [3.8, 4) is 0 Å². The van der Waals surface area contributed by atoms with Crippen LogP contribution < -0.4 is 15.8 Å². The summed E-state index contributed by atoms with van der Waals surface area (Å²) in [4.78, 5) is 33.3. The minimum atomic E-state index is -0.308. The Kier molecular flexibility index (Phi) is 7.27. The van der Waals surface area contributed by atoms with Gasteiger partial charge in [0, 0.05) is 19.6 Å². The van der Waals surface area contributed by atoms with Crippen LogP contribution in [0.15, 0.2) is 52.2 Å². The molecule has 1 aliphatic carbocycles. The van der Waals surface area contributed by atoms with E-state index in [1.165, 1.54) is 41.9 Å².